The maximum absolute atomic E-state index is 11.1. The Labute approximate surface area is 380 Å². The number of fused-ring (bicyclic) bond motifs is 4. The summed E-state index contributed by atoms with van der Waals surface area (Å²) in [6, 6.07) is 17.8. The number of phenolic OH excluding ortho intramolecular Hbond substituents is 2. The molecule has 4 aromatic carbocycles. The predicted molar refractivity (Wildman–Crippen MR) is 234 cm³/mol. The highest BCUT2D eigenvalue weighted by Gasteiger charge is 2.14. The van der Waals surface area contributed by atoms with Crippen molar-refractivity contribution in [2.45, 2.75) is 26.4 Å². The number of hydrogen-bond acceptors (Lipinski definition) is 20. The maximum atomic E-state index is 11.1. The fraction of sp³-hybridized carbons (Fsp3) is 0.455. The molecule has 356 valence electrons. The Hall–Kier alpha value is -5.92. The third kappa shape index (κ3) is 18.9. The van der Waals surface area contributed by atoms with Crippen LogP contribution in [-0.4, -0.2) is 126 Å². The maximum Gasteiger partial charge on any atom is 0.269 e. The number of nitrogens with zero attached hydrogens (tertiary/aromatic N) is 6. The van der Waals surface area contributed by atoms with Crippen molar-refractivity contribution in [3.63, 3.8) is 0 Å². The van der Waals surface area contributed by atoms with Crippen LogP contribution in [0.5, 0.6) is 11.5 Å². The fourth-order valence-corrected chi connectivity index (χ4v) is 5.84. The molecule has 0 saturated heterocycles. The Morgan fingerprint density at radius 2 is 0.561 bits per heavy atom. The minimum Gasteiger partial charge on any atom is -0.507 e. The number of nitro groups is 2. The van der Waals surface area contributed by atoms with Gasteiger partial charge in [0.25, 0.3) is 11.4 Å². The summed E-state index contributed by atoms with van der Waals surface area (Å²) in [5.74, 6) is -0.0193. The van der Waals surface area contributed by atoms with Gasteiger partial charge in [-0.25, -0.2) is 0 Å². The lowest BCUT2D eigenvalue weighted by Gasteiger charge is -2.13. The zero-order chi connectivity index (χ0) is 46.6. The third-order valence-corrected chi connectivity index (χ3v) is 9.19. The monoisotopic (exact) mass is 922 g/mol. The molecule has 66 heavy (non-hydrogen) atoms. The highest BCUT2D eigenvalue weighted by atomic mass is 16.6. The molecule has 22 nitrogen and oxygen atoms in total. The highest BCUT2D eigenvalue weighted by Crippen LogP contribution is 2.33. The van der Waals surface area contributed by atoms with Gasteiger partial charge in [0, 0.05) is 46.5 Å². The summed E-state index contributed by atoms with van der Waals surface area (Å²) in [6.45, 7) is 4.90. The van der Waals surface area contributed by atoms with Crippen LogP contribution in [0.2, 0.25) is 0 Å². The van der Waals surface area contributed by atoms with Crippen molar-refractivity contribution in [1.29, 1.82) is 0 Å². The Balaban J connectivity index is 1.11. The van der Waals surface area contributed by atoms with Crippen molar-refractivity contribution < 1.29 is 67.4 Å². The zero-order valence-corrected chi connectivity index (χ0v) is 36.4. The minimum absolute atomic E-state index is 0.00966. The van der Waals surface area contributed by atoms with Crippen LogP contribution in [-0.2, 0) is 73.8 Å². The molecule has 5 rings (SSSR count). The summed E-state index contributed by atoms with van der Waals surface area (Å²) in [5.41, 5.74) is 3.36. The van der Waals surface area contributed by atoms with Gasteiger partial charge in [0.1, 0.15) is 11.5 Å². The van der Waals surface area contributed by atoms with E-state index in [1.165, 1.54) is 48.5 Å². The van der Waals surface area contributed by atoms with E-state index in [2.05, 4.69) is 20.5 Å². The van der Waals surface area contributed by atoms with Gasteiger partial charge in [-0.1, -0.05) is 0 Å². The largest absolute Gasteiger partial charge is 0.507 e. The van der Waals surface area contributed by atoms with E-state index in [0.29, 0.717) is 97.9 Å². The van der Waals surface area contributed by atoms with Gasteiger partial charge in [-0.15, -0.1) is 0 Å². The number of aromatic hydroxyl groups is 2. The van der Waals surface area contributed by atoms with E-state index in [-0.39, 0.29) is 102 Å². The number of non-ortho nitro benzene ring substituents is 2. The van der Waals surface area contributed by atoms with Crippen LogP contribution >= 0.6 is 0 Å². The average molecular weight is 923 g/mol. The van der Waals surface area contributed by atoms with Crippen molar-refractivity contribution >= 4 is 34.1 Å². The summed E-state index contributed by atoms with van der Waals surface area (Å²) in [7, 11) is 0. The summed E-state index contributed by atoms with van der Waals surface area (Å²) >= 11 is 0. The van der Waals surface area contributed by atoms with Crippen LogP contribution in [0, 0.1) is 20.2 Å². The molecule has 1 aliphatic heterocycles. The molecule has 0 unspecified atom stereocenters. The number of azo groups is 2. The summed E-state index contributed by atoms with van der Waals surface area (Å²) in [4.78, 5) is 21.0. The van der Waals surface area contributed by atoms with Crippen LogP contribution < -0.4 is 0 Å². The smallest absolute Gasteiger partial charge is 0.269 e. The molecule has 0 atom stereocenters. The number of phenols is 2. The third-order valence-electron chi connectivity index (χ3n) is 9.19. The first-order valence-corrected chi connectivity index (χ1v) is 21.1. The summed E-state index contributed by atoms with van der Waals surface area (Å²) in [6.07, 6.45) is 0. The van der Waals surface area contributed by atoms with Gasteiger partial charge in [-0.3, -0.25) is 20.2 Å². The van der Waals surface area contributed by atoms with E-state index in [9.17, 15) is 30.4 Å². The minimum atomic E-state index is -0.495. The van der Waals surface area contributed by atoms with Gasteiger partial charge in [0.2, 0.25) is 0 Å². The number of ether oxygens (including phenoxy) is 10. The average Bonchev–Trinajstić information content (AvgIpc) is 3.32. The normalized spacial score (nSPS) is 17.3. The van der Waals surface area contributed by atoms with Crippen LogP contribution in [0.1, 0.15) is 22.3 Å². The lowest BCUT2D eigenvalue weighted by Crippen LogP contribution is -2.13. The summed E-state index contributed by atoms with van der Waals surface area (Å²) < 4.78 is 56.8. The summed E-state index contributed by atoms with van der Waals surface area (Å²) in [5, 5.41) is 61.1. The van der Waals surface area contributed by atoms with Crippen molar-refractivity contribution in [2.24, 2.45) is 20.5 Å². The fourth-order valence-electron chi connectivity index (χ4n) is 5.84. The van der Waals surface area contributed by atoms with Crippen molar-refractivity contribution in [3.05, 3.63) is 115 Å². The van der Waals surface area contributed by atoms with Crippen molar-refractivity contribution in [2.75, 3.05) is 106 Å². The molecule has 0 aromatic heterocycles. The molecule has 0 fully saturated rings. The van der Waals surface area contributed by atoms with Crippen LogP contribution in [0.4, 0.5) is 34.1 Å². The van der Waals surface area contributed by atoms with E-state index in [0.717, 1.165) is 0 Å². The molecular formula is C44H54N6O16. The Morgan fingerprint density at radius 1 is 0.348 bits per heavy atom. The predicted octanol–water partition coefficient (Wildman–Crippen LogP) is 7.62. The lowest BCUT2D eigenvalue weighted by atomic mass is 10.1. The molecule has 4 bridgehead atoms. The molecule has 4 aromatic rings. The number of hydrogen-bond donors (Lipinski definition) is 2. The van der Waals surface area contributed by atoms with Gasteiger partial charge < -0.3 is 57.6 Å². The van der Waals surface area contributed by atoms with Crippen molar-refractivity contribution in [1.82, 2.24) is 0 Å². The van der Waals surface area contributed by atoms with Gasteiger partial charge in [-0.05, 0) is 48.5 Å². The molecular weight excluding hydrogens is 869 g/mol. The molecule has 0 saturated carbocycles. The Kier molecular flexibility index (Phi) is 22.9. The standard InChI is InChI=1S/C44H54N6O16/c51-43-33-25-39(47-45-37-1-5-41(6-2-37)49(53)54)26-34(43)30-64-22-18-60-14-10-58-12-16-62-20-24-66-32-36-28-40(48-46-38-3-7-42(8-4-38)50(55)56)27-35(44(36)52)31-65-23-19-61-15-11-57-9-13-59-17-21-63-29-33/h1-8,25-28,51-52H,9-24,29-32H2. The van der Waals surface area contributed by atoms with Crippen LogP contribution in [0.3, 0.4) is 0 Å². The van der Waals surface area contributed by atoms with Crippen molar-refractivity contribution in [3.8, 4) is 11.5 Å². The van der Waals surface area contributed by atoms with E-state index in [4.69, 9.17) is 47.4 Å². The first-order chi connectivity index (χ1) is 32.3. The van der Waals surface area contributed by atoms with Crippen LogP contribution in [0.25, 0.3) is 0 Å². The van der Waals surface area contributed by atoms with Crippen LogP contribution in [0.15, 0.2) is 93.3 Å². The Bertz CT molecular complexity index is 1920. The van der Waals surface area contributed by atoms with Gasteiger partial charge in [-0.2, -0.15) is 20.5 Å². The molecule has 1 heterocycles. The van der Waals surface area contributed by atoms with E-state index < -0.39 is 9.85 Å². The first-order valence-electron chi connectivity index (χ1n) is 21.1. The molecule has 0 radical (unpaired) electrons. The van der Waals surface area contributed by atoms with Gasteiger partial charge >= 0.3 is 0 Å². The molecule has 2 N–H and O–H groups in total. The van der Waals surface area contributed by atoms with E-state index >= 15 is 0 Å². The first kappa shape index (κ1) is 51.1. The molecule has 22 heteroatoms. The number of rotatable bonds is 6. The van der Waals surface area contributed by atoms with Gasteiger partial charge in [0.15, 0.2) is 0 Å². The lowest BCUT2D eigenvalue weighted by molar-refractivity contribution is -0.385. The number of nitro benzene ring substituents is 2. The topological polar surface area (TPSA) is 268 Å². The second-order valence-electron chi connectivity index (χ2n) is 14.1. The van der Waals surface area contributed by atoms with E-state index in [1.807, 2.05) is 0 Å². The second kappa shape index (κ2) is 29.6. The molecule has 0 spiro atoms. The molecule has 1 aliphatic rings. The van der Waals surface area contributed by atoms with Gasteiger partial charge in [0.05, 0.1) is 165 Å². The molecule has 0 aliphatic carbocycles. The number of benzene rings is 4. The quantitative estimate of drug-likeness (QED) is 0.107. The molecule has 0 amide bonds. The second-order valence-corrected chi connectivity index (χ2v) is 14.1. The zero-order valence-electron chi connectivity index (χ0n) is 36.4. The van der Waals surface area contributed by atoms with E-state index in [1.54, 1.807) is 24.3 Å². The Morgan fingerprint density at radius 3 is 0.788 bits per heavy atom. The SMILES string of the molecule is O=[N+]([O-])c1ccc(N=Nc2cc3c(O)c(c2)COCCOCCOCCOCCOCc2cc(N=Nc4ccc([N+](=O)[O-])cc4)cc(c2O)COCCOCCOCCOCCOC3)cc1. The highest BCUT2D eigenvalue weighted by molar-refractivity contribution is 5.54.